The third kappa shape index (κ3) is 8.62. The first-order valence-electron chi connectivity index (χ1n) is 14.9. The molecule has 0 aliphatic rings. The molecule has 5 nitrogen and oxygen atoms in total. The fourth-order valence-electron chi connectivity index (χ4n) is 5.24. The van der Waals surface area contributed by atoms with Gasteiger partial charge >= 0.3 is 0 Å². The molecule has 0 saturated carbocycles. The second kappa shape index (κ2) is 15.3. The zero-order chi connectivity index (χ0) is 30.1. The number of unbranched alkanes of at least 4 members (excludes halogenated alkanes) is 2. The second-order valence-corrected chi connectivity index (χ2v) is 12.2. The molecule has 1 heterocycles. The Kier molecular flexibility index (Phi) is 11.5. The molecular weight excluding hydrogens is 565 g/mol. The largest absolute Gasteiger partial charge is 0.361 e. The molecule has 0 radical (unpaired) electrons. The van der Waals surface area contributed by atoms with Crippen molar-refractivity contribution in [2.45, 2.75) is 59.4 Å². The van der Waals surface area contributed by atoms with Crippen molar-refractivity contribution in [3.05, 3.63) is 105 Å². The lowest BCUT2D eigenvalue weighted by Gasteiger charge is -2.29. The number of aromatic nitrogens is 1. The van der Waals surface area contributed by atoms with Crippen LogP contribution in [-0.4, -0.2) is 46.2 Å². The summed E-state index contributed by atoms with van der Waals surface area (Å²) in [5, 5.41) is 2.07. The van der Waals surface area contributed by atoms with Gasteiger partial charge in [0.2, 0.25) is 5.91 Å². The number of amides is 2. The Hall–Kier alpha value is -3.28. The standard InChI is InChI=1S/C35H41Cl2N3O2/c1-4-5-6-9-26-12-15-28(16-13-26)35(42)40(22-25(2)3)24-34(41)39(23-27-14-17-31(36)32(37)20-27)19-18-29-21-38-33-11-8-7-10-30(29)33/h7-8,10-17,20-21,25,38H,4-6,9,18-19,22-24H2,1-3H3. The molecule has 42 heavy (non-hydrogen) atoms. The normalized spacial score (nSPS) is 11.3. The maximum absolute atomic E-state index is 13.9. The highest BCUT2D eigenvalue weighted by molar-refractivity contribution is 6.42. The van der Waals surface area contributed by atoms with Crippen molar-refractivity contribution in [1.82, 2.24) is 14.8 Å². The number of benzene rings is 3. The van der Waals surface area contributed by atoms with E-state index in [0.29, 0.717) is 41.7 Å². The van der Waals surface area contributed by atoms with E-state index in [1.807, 2.05) is 59.6 Å². The van der Waals surface area contributed by atoms with E-state index in [4.69, 9.17) is 23.2 Å². The molecule has 0 unspecified atom stereocenters. The van der Waals surface area contributed by atoms with Crippen LogP contribution in [0, 0.1) is 5.92 Å². The van der Waals surface area contributed by atoms with Crippen molar-refractivity contribution in [2.24, 2.45) is 5.92 Å². The van der Waals surface area contributed by atoms with Crippen molar-refractivity contribution < 1.29 is 9.59 Å². The second-order valence-electron chi connectivity index (χ2n) is 11.4. The molecule has 3 aromatic carbocycles. The van der Waals surface area contributed by atoms with Crippen LogP contribution in [-0.2, 0) is 24.2 Å². The van der Waals surface area contributed by atoms with Gasteiger partial charge in [0.15, 0.2) is 0 Å². The third-order valence-corrected chi connectivity index (χ3v) is 8.24. The number of rotatable bonds is 14. The predicted octanol–water partition coefficient (Wildman–Crippen LogP) is 8.58. The fraction of sp³-hybridized carbons (Fsp3) is 0.371. The van der Waals surface area contributed by atoms with Crippen molar-refractivity contribution >= 4 is 45.9 Å². The van der Waals surface area contributed by atoms with Crippen LogP contribution in [0.4, 0.5) is 0 Å². The predicted molar refractivity (Wildman–Crippen MR) is 174 cm³/mol. The maximum atomic E-state index is 13.9. The number of hydrogen-bond donors (Lipinski definition) is 1. The molecular formula is C35H41Cl2N3O2. The molecule has 0 bridgehead atoms. The van der Waals surface area contributed by atoms with Gasteiger partial charge in [-0.15, -0.1) is 0 Å². The van der Waals surface area contributed by atoms with Crippen LogP contribution < -0.4 is 0 Å². The molecule has 0 spiro atoms. The molecule has 0 saturated heterocycles. The molecule has 7 heteroatoms. The summed E-state index contributed by atoms with van der Waals surface area (Å²) in [5.41, 5.74) is 4.94. The summed E-state index contributed by atoms with van der Waals surface area (Å²) < 4.78 is 0. The molecule has 1 aromatic heterocycles. The van der Waals surface area contributed by atoms with Gasteiger partial charge in [-0.3, -0.25) is 9.59 Å². The van der Waals surface area contributed by atoms with Gasteiger partial charge in [-0.2, -0.15) is 0 Å². The Morgan fingerprint density at radius 2 is 1.60 bits per heavy atom. The van der Waals surface area contributed by atoms with Crippen LogP contribution in [0.25, 0.3) is 10.9 Å². The van der Waals surface area contributed by atoms with Crippen LogP contribution in [0.1, 0.15) is 67.1 Å². The van der Waals surface area contributed by atoms with E-state index in [-0.39, 0.29) is 24.3 Å². The molecule has 0 aliphatic carbocycles. The van der Waals surface area contributed by atoms with Crippen LogP contribution in [0.15, 0.2) is 72.9 Å². The number of nitrogens with zero attached hydrogens (tertiary/aromatic N) is 2. The SMILES string of the molecule is CCCCCc1ccc(C(=O)N(CC(=O)N(CCc2c[nH]c3ccccc23)Cc2ccc(Cl)c(Cl)c2)CC(C)C)cc1. The first-order valence-corrected chi connectivity index (χ1v) is 15.7. The maximum Gasteiger partial charge on any atom is 0.254 e. The van der Waals surface area contributed by atoms with Crippen LogP contribution >= 0.6 is 23.2 Å². The molecule has 0 fully saturated rings. The highest BCUT2D eigenvalue weighted by Gasteiger charge is 2.24. The molecule has 222 valence electrons. The zero-order valence-electron chi connectivity index (χ0n) is 24.8. The number of aryl methyl sites for hydroxylation is 1. The summed E-state index contributed by atoms with van der Waals surface area (Å²) in [6, 6.07) is 21.5. The Morgan fingerprint density at radius 1 is 0.857 bits per heavy atom. The lowest BCUT2D eigenvalue weighted by molar-refractivity contribution is -0.132. The van der Waals surface area contributed by atoms with Gasteiger partial charge in [-0.25, -0.2) is 0 Å². The smallest absolute Gasteiger partial charge is 0.254 e. The number of carbonyl (C=O) groups is 2. The van der Waals surface area contributed by atoms with Crippen molar-refractivity contribution in [3.63, 3.8) is 0 Å². The lowest BCUT2D eigenvalue weighted by Crippen LogP contribution is -2.44. The Labute approximate surface area is 259 Å². The van der Waals surface area contributed by atoms with Crippen molar-refractivity contribution in [3.8, 4) is 0 Å². The molecule has 0 atom stereocenters. The van der Waals surface area contributed by atoms with E-state index >= 15 is 0 Å². The molecule has 1 N–H and O–H groups in total. The lowest BCUT2D eigenvalue weighted by atomic mass is 10.0. The average Bonchev–Trinajstić information content (AvgIpc) is 3.39. The van der Waals surface area contributed by atoms with E-state index in [0.717, 1.165) is 34.9 Å². The van der Waals surface area contributed by atoms with E-state index in [2.05, 4.69) is 31.8 Å². The van der Waals surface area contributed by atoms with Gasteiger partial charge < -0.3 is 14.8 Å². The van der Waals surface area contributed by atoms with Gasteiger partial charge in [-0.1, -0.05) is 93.2 Å². The van der Waals surface area contributed by atoms with Crippen LogP contribution in [0.2, 0.25) is 10.0 Å². The summed E-state index contributed by atoms with van der Waals surface area (Å²) in [5.74, 6) is -0.0146. The van der Waals surface area contributed by atoms with Gasteiger partial charge in [0, 0.05) is 42.3 Å². The number of nitrogens with one attached hydrogen (secondary N) is 1. The summed E-state index contributed by atoms with van der Waals surface area (Å²) in [4.78, 5) is 34.4. The summed E-state index contributed by atoms with van der Waals surface area (Å²) in [6.45, 7) is 7.68. The van der Waals surface area contributed by atoms with Crippen LogP contribution in [0.5, 0.6) is 0 Å². The molecule has 2 amide bonds. The Bertz CT molecular complexity index is 1480. The molecule has 0 aliphatic heterocycles. The first-order chi connectivity index (χ1) is 20.2. The Morgan fingerprint density at radius 3 is 2.31 bits per heavy atom. The molecule has 4 aromatic rings. The van der Waals surface area contributed by atoms with Gasteiger partial charge in [0.25, 0.3) is 5.91 Å². The fourth-order valence-corrected chi connectivity index (χ4v) is 5.56. The summed E-state index contributed by atoms with van der Waals surface area (Å²) >= 11 is 12.5. The van der Waals surface area contributed by atoms with E-state index in [1.165, 1.54) is 18.4 Å². The third-order valence-electron chi connectivity index (χ3n) is 7.50. The van der Waals surface area contributed by atoms with Gasteiger partial charge in [0.1, 0.15) is 6.54 Å². The number of fused-ring (bicyclic) bond motifs is 1. The van der Waals surface area contributed by atoms with E-state index in [9.17, 15) is 9.59 Å². The number of para-hydroxylation sites is 1. The van der Waals surface area contributed by atoms with Gasteiger partial charge in [-0.05, 0) is 72.2 Å². The minimum atomic E-state index is -0.122. The number of aromatic amines is 1. The zero-order valence-corrected chi connectivity index (χ0v) is 26.3. The summed E-state index contributed by atoms with van der Waals surface area (Å²) in [6.07, 6.45) is 7.21. The highest BCUT2D eigenvalue weighted by atomic mass is 35.5. The Balaban J connectivity index is 1.52. The minimum Gasteiger partial charge on any atom is -0.361 e. The van der Waals surface area contributed by atoms with Crippen LogP contribution in [0.3, 0.4) is 0 Å². The van der Waals surface area contributed by atoms with Gasteiger partial charge in [0.05, 0.1) is 10.0 Å². The van der Waals surface area contributed by atoms with Crippen molar-refractivity contribution in [2.75, 3.05) is 19.6 Å². The number of carbonyl (C=O) groups excluding carboxylic acids is 2. The molecule has 4 rings (SSSR count). The average molecular weight is 607 g/mol. The van der Waals surface area contributed by atoms with E-state index < -0.39 is 0 Å². The quantitative estimate of drug-likeness (QED) is 0.146. The monoisotopic (exact) mass is 605 g/mol. The van der Waals surface area contributed by atoms with Crippen molar-refractivity contribution in [1.29, 1.82) is 0 Å². The highest BCUT2D eigenvalue weighted by Crippen LogP contribution is 2.24. The number of halogens is 2. The minimum absolute atomic E-state index is 0.00444. The first kappa shape index (κ1) is 31.7. The van der Waals surface area contributed by atoms with E-state index in [1.54, 1.807) is 17.0 Å². The number of hydrogen-bond acceptors (Lipinski definition) is 2. The topological polar surface area (TPSA) is 56.4 Å². The summed E-state index contributed by atoms with van der Waals surface area (Å²) in [7, 11) is 0. The number of H-pyrrole nitrogens is 1.